The molecule has 29 heavy (non-hydrogen) atoms. The number of allylic oxidation sites excluding steroid dienone is 1. The van der Waals surface area contributed by atoms with Gasteiger partial charge in [0.05, 0.1) is 5.54 Å². The Balaban J connectivity index is 2.13. The minimum atomic E-state index is -0.365. The van der Waals surface area contributed by atoms with Crippen LogP contribution < -0.4 is 4.90 Å². The molecule has 2 heterocycles. The van der Waals surface area contributed by atoms with E-state index in [0.29, 0.717) is 0 Å². The average molecular weight is 412 g/mol. The summed E-state index contributed by atoms with van der Waals surface area (Å²) in [7, 11) is 3.19. The molecule has 2 aliphatic heterocycles. The van der Waals surface area contributed by atoms with Crippen molar-refractivity contribution in [3.8, 4) is 0 Å². The third kappa shape index (κ3) is 3.50. The normalized spacial score (nSPS) is 18.9. The zero-order valence-electron chi connectivity index (χ0n) is 18.3. The number of hydrogen-bond donors (Lipinski definition) is 0. The van der Waals surface area contributed by atoms with Gasteiger partial charge in [0, 0.05) is 31.9 Å². The molecule has 0 bridgehead atoms. The van der Waals surface area contributed by atoms with Gasteiger partial charge in [-0.25, -0.2) is 0 Å². The summed E-state index contributed by atoms with van der Waals surface area (Å²) in [6.07, 6.45) is 5.04. The van der Waals surface area contributed by atoms with Gasteiger partial charge in [0.1, 0.15) is 5.57 Å². The molecule has 154 valence electrons. The molecule has 0 aliphatic carbocycles. The summed E-state index contributed by atoms with van der Waals surface area (Å²) in [6, 6.07) is 4.26. The Bertz CT molecular complexity index is 949. The van der Waals surface area contributed by atoms with Gasteiger partial charge in [0.15, 0.2) is 5.11 Å². The highest BCUT2D eigenvalue weighted by molar-refractivity contribution is 7.80. The minimum Gasteiger partial charge on any atom is -0.362 e. The van der Waals surface area contributed by atoms with Crippen LogP contribution in [-0.2, 0) is 9.59 Å². The van der Waals surface area contributed by atoms with Gasteiger partial charge in [-0.05, 0) is 81.2 Å². The molecule has 0 spiro atoms. The molecule has 2 aliphatic rings. The van der Waals surface area contributed by atoms with Gasteiger partial charge in [-0.15, -0.1) is 0 Å². The van der Waals surface area contributed by atoms with E-state index in [1.54, 1.807) is 20.2 Å². The number of amides is 2. The summed E-state index contributed by atoms with van der Waals surface area (Å²) in [6.45, 7) is 11.8. The zero-order chi connectivity index (χ0) is 21.7. The topological polar surface area (TPSA) is 43.9 Å². The molecular formula is C23H29N3O2S. The molecule has 0 unspecified atom stereocenters. The van der Waals surface area contributed by atoms with Crippen molar-refractivity contribution in [2.24, 2.45) is 0 Å². The van der Waals surface area contributed by atoms with Crippen molar-refractivity contribution >= 4 is 46.5 Å². The molecule has 1 aromatic carbocycles. The van der Waals surface area contributed by atoms with Crippen molar-refractivity contribution in [3.05, 3.63) is 40.5 Å². The smallest absolute Gasteiger partial charge is 0.265 e. The Labute approximate surface area is 178 Å². The molecular weight excluding hydrogens is 382 g/mol. The van der Waals surface area contributed by atoms with Crippen LogP contribution in [0.4, 0.5) is 5.69 Å². The Morgan fingerprint density at radius 2 is 1.66 bits per heavy atom. The third-order valence-electron chi connectivity index (χ3n) is 5.76. The lowest BCUT2D eigenvalue weighted by Crippen LogP contribution is -2.52. The van der Waals surface area contributed by atoms with Crippen LogP contribution in [0.2, 0.25) is 0 Å². The number of carbonyl (C=O) groups excluding carboxylic acids is 2. The van der Waals surface area contributed by atoms with E-state index in [4.69, 9.17) is 12.2 Å². The van der Waals surface area contributed by atoms with Crippen LogP contribution in [0.25, 0.3) is 11.6 Å². The Kier molecular flexibility index (Phi) is 5.43. The van der Waals surface area contributed by atoms with Crippen molar-refractivity contribution in [2.45, 2.75) is 46.6 Å². The molecule has 2 amide bonds. The highest BCUT2D eigenvalue weighted by atomic mass is 32.1. The summed E-state index contributed by atoms with van der Waals surface area (Å²) < 4.78 is 0. The number of likely N-dealkylation sites (N-methyl/N-ethyl adjacent to an activating group) is 2. The predicted octanol–water partition coefficient (Wildman–Crippen LogP) is 4.01. The van der Waals surface area contributed by atoms with Crippen LogP contribution in [0.5, 0.6) is 0 Å². The van der Waals surface area contributed by atoms with E-state index >= 15 is 0 Å². The lowest BCUT2D eigenvalue weighted by atomic mass is 9.86. The van der Waals surface area contributed by atoms with E-state index in [-0.39, 0.29) is 28.0 Å². The van der Waals surface area contributed by atoms with E-state index in [1.807, 2.05) is 6.92 Å². The molecule has 0 radical (unpaired) electrons. The van der Waals surface area contributed by atoms with Gasteiger partial charge >= 0.3 is 0 Å². The van der Waals surface area contributed by atoms with Crippen LogP contribution in [-0.4, -0.2) is 52.9 Å². The summed E-state index contributed by atoms with van der Waals surface area (Å²) in [5.41, 5.74) is 5.52. The maximum Gasteiger partial charge on any atom is 0.265 e. The van der Waals surface area contributed by atoms with Gasteiger partial charge < -0.3 is 4.90 Å². The van der Waals surface area contributed by atoms with E-state index in [2.05, 4.69) is 50.8 Å². The second kappa shape index (κ2) is 7.41. The van der Waals surface area contributed by atoms with Crippen LogP contribution in [0, 0.1) is 6.92 Å². The van der Waals surface area contributed by atoms with Crippen LogP contribution >= 0.6 is 12.2 Å². The molecule has 0 aromatic heterocycles. The first-order valence-corrected chi connectivity index (χ1v) is 10.3. The molecule has 0 N–H and O–H groups in total. The highest BCUT2D eigenvalue weighted by Crippen LogP contribution is 2.40. The average Bonchev–Trinajstić information content (AvgIpc) is 2.65. The number of anilines is 1. The summed E-state index contributed by atoms with van der Waals surface area (Å²) in [5, 5.41) is 0.218. The lowest BCUT2D eigenvalue weighted by Gasteiger charge is -2.43. The van der Waals surface area contributed by atoms with E-state index < -0.39 is 0 Å². The summed E-state index contributed by atoms with van der Waals surface area (Å²) in [4.78, 5) is 30.5. The SMILES string of the molecule is CCCN1c2cc(C)c(C=C3C(=O)N(C)C(=S)N(C)C3=O)cc2C(C)=CC1(C)C. The predicted molar refractivity (Wildman–Crippen MR) is 123 cm³/mol. The van der Waals surface area contributed by atoms with Crippen LogP contribution in [0.3, 0.4) is 0 Å². The first-order valence-electron chi connectivity index (χ1n) is 9.93. The number of rotatable bonds is 3. The second-order valence-electron chi connectivity index (χ2n) is 8.43. The quantitative estimate of drug-likeness (QED) is 0.428. The number of carbonyl (C=O) groups is 2. The molecule has 0 atom stereocenters. The Hall–Kier alpha value is -2.47. The van der Waals surface area contributed by atoms with Gasteiger partial charge in [-0.2, -0.15) is 0 Å². The fourth-order valence-electron chi connectivity index (χ4n) is 4.16. The first-order chi connectivity index (χ1) is 13.5. The second-order valence-corrected chi connectivity index (χ2v) is 8.79. The van der Waals surface area contributed by atoms with Crippen molar-refractivity contribution in [2.75, 3.05) is 25.5 Å². The molecule has 0 saturated carbocycles. The molecule has 1 saturated heterocycles. The van der Waals surface area contributed by atoms with Crippen LogP contribution in [0.15, 0.2) is 23.8 Å². The maximum atomic E-state index is 12.7. The zero-order valence-corrected chi connectivity index (χ0v) is 19.1. The molecule has 5 nitrogen and oxygen atoms in total. The highest BCUT2D eigenvalue weighted by Gasteiger charge is 2.36. The van der Waals surface area contributed by atoms with Gasteiger partial charge in [-0.1, -0.05) is 13.0 Å². The Morgan fingerprint density at radius 1 is 1.07 bits per heavy atom. The minimum absolute atomic E-state index is 0.0596. The van der Waals surface area contributed by atoms with E-state index in [0.717, 1.165) is 29.7 Å². The van der Waals surface area contributed by atoms with Crippen molar-refractivity contribution < 1.29 is 9.59 Å². The molecule has 1 fully saturated rings. The largest absolute Gasteiger partial charge is 0.362 e. The van der Waals surface area contributed by atoms with Gasteiger partial charge in [-0.3, -0.25) is 19.4 Å². The number of nitrogens with zero attached hydrogens (tertiary/aromatic N) is 3. The standard InChI is InChI=1S/C23H29N3O2S/c1-8-9-26-19-10-14(2)16(11-17(19)15(3)13-23(26,4)5)12-18-20(27)24(6)22(29)25(7)21(18)28/h10-13H,8-9H2,1-7H3. The van der Waals surface area contributed by atoms with Crippen molar-refractivity contribution in [1.82, 2.24) is 9.80 Å². The third-order valence-corrected chi connectivity index (χ3v) is 6.30. The monoisotopic (exact) mass is 411 g/mol. The number of benzene rings is 1. The number of thiocarbonyl (C=S) groups is 1. The van der Waals surface area contributed by atoms with Gasteiger partial charge in [0.25, 0.3) is 11.8 Å². The summed E-state index contributed by atoms with van der Waals surface area (Å²) in [5.74, 6) is -0.729. The number of hydrogen-bond acceptors (Lipinski definition) is 4. The van der Waals surface area contributed by atoms with Crippen molar-refractivity contribution in [1.29, 1.82) is 0 Å². The first kappa shape index (κ1) is 21.2. The number of fused-ring (bicyclic) bond motifs is 1. The molecule has 3 rings (SSSR count). The lowest BCUT2D eigenvalue weighted by molar-refractivity contribution is -0.132. The fourth-order valence-corrected chi connectivity index (χ4v) is 4.33. The fraction of sp³-hybridized carbons (Fsp3) is 0.435. The van der Waals surface area contributed by atoms with E-state index in [1.165, 1.54) is 21.1 Å². The van der Waals surface area contributed by atoms with Gasteiger partial charge in [0.2, 0.25) is 0 Å². The number of aryl methyl sites for hydroxylation is 1. The Morgan fingerprint density at radius 3 is 2.21 bits per heavy atom. The molecule has 1 aromatic rings. The van der Waals surface area contributed by atoms with Crippen molar-refractivity contribution in [3.63, 3.8) is 0 Å². The van der Waals surface area contributed by atoms with Crippen LogP contribution in [0.1, 0.15) is 50.8 Å². The molecule has 6 heteroatoms. The summed E-state index contributed by atoms with van der Waals surface area (Å²) >= 11 is 5.17. The van der Waals surface area contributed by atoms with E-state index in [9.17, 15) is 9.59 Å². The maximum absolute atomic E-state index is 12.7.